The first-order chi connectivity index (χ1) is 15.9. The lowest BCUT2D eigenvalue weighted by molar-refractivity contribution is -0.141. The molecule has 7 heteroatoms. The lowest BCUT2D eigenvalue weighted by Crippen LogP contribution is -2.50. The van der Waals surface area contributed by atoms with Gasteiger partial charge >= 0.3 is 0 Å². The molecule has 0 fully saturated rings. The highest BCUT2D eigenvalue weighted by Gasteiger charge is 2.28. The maximum absolute atomic E-state index is 13.4. The third-order valence-corrected chi connectivity index (χ3v) is 5.56. The second-order valence-electron chi connectivity index (χ2n) is 8.44. The summed E-state index contributed by atoms with van der Waals surface area (Å²) in [6.07, 6.45) is 1.38. The molecule has 2 aromatic rings. The number of methoxy groups -OCH3 is 1. The van der Waals surface area contributed by atoms with E-state index in [9.17, 15) is 9.59 Å². The molecule has 0 aromatic heterocycles. The van der Waals surface area contributed by atoms with Crippen LogP contribution in [0.15, 0.2) is 42.5 Å². The van der Waals surface area contributed by atoms with Crippen LogP contribution >= 0.6 is 0 Å². The van der Waals surface area contributed by atoms with Crippen molar-refractivity contribution in [1.29, 1.82) is 0 Å². The van der Waals surface area contributed by atoms with Crippen molar-refractivity contribution in [3.63, 3.8) is 0 Å². The minimum absolute atomic E-state index is 0.00204. The highest BCUT2D eigenvalue weighted by atomic mass is 16.6. The van der Waals surface area contributed by atoms with Crippen molar-refractivity contribution in [2.45, 2.75) is 58.7 Å². The fraction of sp³-hybridized carbons (Fsp3) is 0.462. The van der Waals surface area contributed by atoms with Crippen LogP contribution in [0, 0.1) is 0 Å². The Kier molecular flexibility index (Phi) is 8.58. The van der Waals surface area contributed by atoms with Crippen LogP contribution < -0.4 is 19.5 Å². The molecular formula is C26H34N2O5. The Labute approximate surface area is 196 Å². The van der Waals surface area contributed by atoms with Gasteiger partial charge < -0.3 is 24.4 Å². The van der Waals surface area contributed by atoms with Crippen LogP contribution in [0.5, 0.6) is 17.2 Å². The molecule has 0 radical (unpaired) electrons. The molecule has 1 aliphatic rings. The Bertz CT molecular complexity index is 942. The lowest BCUT2D eigenvalue weighted by Gasteiger charge is -2.31. The molecule has 0 bridgehead atoms. The summed E-state index contributed by atoms with van der Waals surface area (Å²) in [5.41, 5.74) is 1.94. The number of fused-ring (bicyclic) bond motifs is 1. The first-order valence-corrected chi connectivity index (χ1v) is 11.5. The fourth-order valence-corrected chi connectivity index (χ4v) is 3.87. The van der Waals surface area contributed by atoms with Gasteiger partial charge in [-0.15, -0.1) is 0 Å². The molecule has 1 aliphatic heterocycles. The molecule has 2 aromatic carbocycles. The van der Waals surface area contributed by atoms with Crippen molar-refractivity contribution in [2.75, 3.05) is 20.3 Å². The molecule has 1 heterocycles. The van der Waals surface area contributed by atoms with E-state index < -0.39 is 6.04 Å². The fourth-order valence-electron chi connectivity index (χ4n) is 3.87. The zero-order chi connectivity index (χ0) is 23.8. The third-order valence-electron chi connectivity index (χ3n) is 5.56. The summed E-state index contributed by atoms with van der Waals surface area (Å²) in [5.74, 6) is 2.00. The molecule has 0 saturated carbocycles. The molecule has 178 valence electrons. The maximum Gasteiger partial charge on any atom is 0.243 e. The van der Waals surface area contributed by atoms with Crippen molar-refractivity contribution in [2.24, 2.45) is 0 Å². The Hall–Kier alpha value is -3.22. The van der Waals surface area contributed by atoms with E-state index >= 15 is 0 Å². The van der Waals surface area contributed by atoms with Gasteiger partial charge in [-0.3, -0.25) is 9.59 Å². The normalized spacial score (nSPS) is 13.4. The number of nitrogens with one attached hydrogen (secondary N) is 1. The second kappa shape index (κ2) is 11.6. The van der Waals surface area contributed by atoms with Gasteiger partial charge in [0, 0.05) is 19.0 Å². The predicted molar refractivity (Wildman–Crippen MR) is 127 cm³/mol. The molecule has 1 N–H and O–H groups in total. The van der Waals surface area contributed by atoms with Crippen LogP contribution in [-0.4, -0.2) is 49.1 Å². The third kappa shape index (κ3) is 6.63. The summed E-state index contributed by atoms with van der Waals surface area (Å²) in [4.78, 5) is 28.0. The highest BCUT2D eigenvalue weighted by Crippen LogP contribution is 2.31. The van der Waals surface area contributed by atoms with Crippen molar-refractivity contribution in [3.05, 3.63) is 53.6 Å². The van der Waals surface area contributed by atoms with Crippen molar-refractivity contribution >= 4 is 11.8 Å². The summed E-state index contributed by atoms with van der Waals surface area (Å²) in [6, 6.07) is 12.8. The standard InChI is InChI=1S/C26H34N2O5/c1-5-22(26(30)27-18(2)3)28(17-20-6-10-21(31-4)11-7-20)25(29)13-9-19-8-12-23-24(16-19)33-15-14-32-23/h6-8,10-12,16,18,22H,5,9,13-15,17H2,1-4H3,(H,27,30)/t22-/m1/s1. The van der Waals surface area contributed by atoms with E-state index in [-0.39, 0.29) is 17.9 Å². The highest BCUT2D eigenvalue weighted by molar-refractivity contribution is 5.87. The number of hydrogen-bond acceptors (Lipinski definition) is 5. The monoisotopic (exact) mass is 454 g/mol. The number of ether oxygens (including phenoxy) is 3. The zero-order valence-electron chi connectivity index (χ0n) is 19.9. The molecule has 7 nitrogen and oxygen atoms in total. The van der Waals surface area contributed by atoms with Gasteiger partial charge in [-0.1, -0.05) is 25.1 Å². The van der Waals surface area contributed by atoms with Crippen molar-refractivity contribution in [3.8, 4) is 17.2 Å². The van der Waals surface area contributed by atoms with E-state index in [1.54, 1.807) is 12.0 Å². The minimum atomic E-state index is -0.540. The maximum atomic E-state index is 13.4. The van der Waals surface area contributed by atoms with Crippen molar-refractivity contribution < 1.29 is 23.8 Å². The summed E-state index contributed by atoms with van der Waals surface area (Å²) < 4.78 is 16.5. The smallest absolute Gasteiger partial charge is 0.243 e. The van der Waals surface area contributed by atoms with Gasteiger partial charge in [0.25, 0.3) is 0 Å². The van der Waals surface area contributed by atoms with Crippen LogP contribution in [0.1, 0.15) is 44.7 Å². The Morgan fingerprint density at radius 2 is 1.70 bits per heavy atom. The van der Waals surface area contributed by atoms with Crippen LogP contribution in [-0.2, 0) is 22.6 Å². The number of aryl methyl sites for hydroxylation is 1. The number of rotatable bonds is 10. The molecule has 0 aliphatic carbocycles. The number of nitrogens with zero attached hydrogens (tertiary/aromatic N) is 1. The zero-order valence-corrected chi connectivity index (χ0v) is 19.9. The van der Waals surface area contributed by atoms with E-state index in [0.717, 1.165) is 22.6 Å². The molecule has 2 amide bonds. The largest absolute Gasteiger partial charge is 0.497 e. The van der Waals surface area contributed by atoms with E-state index in [1.165, 1.54) is 0 Å². The summed E-state index contributed by atoms with van der Waals surface area (Å²) in [7, 11) is 1.62. The van der Waals surface area contributed by atoms with E-state index in [2.05, 4.69) is 5.32 Å². The molecule has 0 unspecified atom stereocenters. The number of carbonyl (C=O) groups is 2. The molecule has 0 spiro atoms. The van der Waals surface area contributed by atoms with E-state index in [0.29, 0.717) is 44.8 Å². The molecule has 3 rings (SSSR count). The topological polar surface area (TPSA) is 77.1 Å². The SMILES string of the molecule is CC[C@H](C(=O)NC(C)C)N(Cc1ccc(OC)cc1)C(=O)CCc1ccc2c(c1)OCCO2. The molecular weight excluding hydrogens is 420 g/mol. The Morgan fingerprint density at radius 1 is 1.03 bits per heavy atom. The number of benzene rings is 2. The average Bonchev–Trinajstić information content (AvgIpc) is 2.82. The van der Waals surface area contributed by atoms with Gasteiger partial charge in [0.15, 0.2) is 11.5 Å². The average molecular weight is 455 g/mol. The first kappa shape index (κ1) is 24.4. The number of hydrogen-bond donors (Lipinski definition) is 1. The van der Waals surface area contributed by atoms with Crippen LogP contribution in [0.3, 0.4) is 0 Å². The second-order valence-corrected chi connectivity index (χ2v) is 8.44. The van der Waals surface area contributed by atoms with Crippen LogP contribution in [0.25, 0.3) is 0 Å². The van der Waals surface area contributed by atoms with Crippen LogP contribution in [0.4, 0.5) is 0 Å². The predicted octanol–water partition coefficient (Wildman–Crippen LogP) is 3.73. The van der Waals surface area contributed by atoms with Gasteiger partial charge in [-0.05, 0) is 62.1 Å². The Morgan fingerprint density at radius 3 is 2.33 bits per heavy atom. The minimum Gasteiger partial charge on any atom is -0.497 e. The number of amides is 2. The summed E-state index contributed by atoms with van der Waals surface area (Å²) in [5, 5.41) is 2.96. The van der Waals surface area contributed by atoms with E-state index in [4.69, 9.17) is 14.2 Å². The molecule has 0 saturated heterocycles. The van der Waals surface area contributed by atoms with Gasteiger partial charge in [-0.2, -0.15) is 0 Å². The first-order valence-electron chi connectivity index (χ1n) is 11.5. The van der Waals surface area contributed by atoms with E-state index in [1.807, 2.05) is 63.2 Å². The summed E-state index contributed by atoms with van der Waals surface area (Å²) in [6.45, 7) is 7.19. The number of carbonyl (C=O) groups excluding carboxylic acids is 2. The van der Waals surface area contributed by atoms with Gasteiger partial charge in [-0.25, -0.2) is 0 Å². The Balaban J connectivity index is 1.75. The van der Waals surface area contributed by atoms with Gasteiger partial charge in [0.2, 0.25) is 11.8 Å². The van der Waals surface area contributed by atoms with Crippen molar-refractivity contribution in [1.82, 2.24) is 10.2 Å². The van der Waals surface area contributed by atoms with Gasteiger partial charge in [0.05, 0.1) is 7.11 Å². The quantitative estimate of drug-likeness (QED) is 0.592. The lowest BCUT2D eigenvalue weighted by atomic mass is 10.1. The molecule has 33 heavy (non-hydrogen) atoms. The molecule has 1 atom stereocenters. The summed E-state index contributed by atoms with van der Waals surface area (Å²) >= 11 is 0. The van der Waals surface area contributed by atoms with Crippen LogP contribution in [0.2, 0.25) is 0 Å². The van der Waals surface area contributed by atoms with Gasteiger partial charge in [0.1, 0.15) is 25.0 Å².